The second-order valence-electron chi connectivity index (χ2n) is 4.96. The summed E-state index contributed by atoms with van der Waals surface area (Å²) < 4.78 is 0. The van der Waals surface area contributed by atoms with E-state index in [4.69, 9.17) is 0 Å². The molecule has 3 nitrogen and oxygen atoms in total. The number of hydrogen-bond acceptors (Lipinski definition) is 2. The van der Waals surface area contributed by atoms with Crippen molar-refractivity contribution in [2.45, 2.75) is 38.5 Å². The van der Waals surface area contributed by atoms with E-state index in [1.54, 1.807) is 0 Å². The normalized spacial score (nSPS) is 24.3. The molecule has 0 aromatic carbocycles. The maximum absolute atomic E-state index is 11.9. The Balaban J connectivity index is 1.68. The molecule has 0 unspecified atom stereocenters. The van der Waals surface area contributed by atoms with Gasteiger partial charge < -0.3 is 10.6 Å². The van der Waals surface area contributed by atoms with Crippen molar-refractivity contribution in [2.75, 3.05) is 19.6 Å². The van der Waals surface area contributed by atoms with Crippen molar-refractivity contribution in [3.63, 3.8) is 0 Å². The predicted octanol–water partition coefficient (Wildman–Crippen LogP) is 1.29. The van der Waals surface area contributed by atoms with Crippen molar-refractivity contribution >= 4 is 5.91 Å². The Morgan fingerprint density at radius 1 is 1.13 bits per heavy atom. The summed E-state index contributed by atoms with van der Waals surface area (Å²) >= 11 is 0. The lowest BCUT2D eigenvalue weighted by molar-refractivity contribution is -0.125. The van der Waals surface area contributed by atoms with E-state index >= 15 is 0 Å². The van der Waals surface area contributed by atoms with Crippen molar-refractivity contribution in [2.24, 2.45) is 11.8 Å². The molecule has 3 heteroatoms. The Labute approximate surface area is 92.0 Å². The lowest BCUT2D eigenvalue weighted by Gasteiger charge is -2.27. The molecule has 0 atom stereocenters. The standard InChI is InChI=1S/C12H22N2O/c15-12(14-9-10-7-13-8-10)11-5-3-1-2-4-6-11/h10-11,13H,1-9H2,(H,14,15). The van der Waals surface area contributed by atoms with E-state index in [1.165, 1.54) is 25.7 Å². The highest BCUT2D eigenvalue weighted by Crippen LogP contribution is 2.22. The Morgan fingerprint density at radius 3 is 2.33 bits per heavy atom. The molecule has 0 aromatic heterocycles. The van der Waals surface area contributed by atoms with Crippen molar-refractivity contribution in [3.8, 4) is 0 Å². The zero-order valence-electron chi connectivity index (χ0n) is 9.43. The highest BCUT2D eigenvalue weighted by atomic mass is 16.1. The molecule has 1 aliphatic carbocycles. The minimum atomic E-state index is 0.306. The average Bonchev–Trinajstić information content (AvgIpc) is 2.43. The quantitative estimate of drug-likeness (QED) is 0.689. The van der Waals surface area contributed by atoms with Crippen LogP contribution in [0.15, 0.2) is 0 Å². The fourth-order valence-corrected chi connectivity index (χ4v) is 2.42. The lowest BCUT2D eigenvalue weighted by atomic mass is 9.98. The molecule has 86 valence electrons. The topological polar surface area (TPSA) is 41.1 Å². The van der Waals surface area contributed by atoms with Gasteiger partial charge in [0.1, 0.15) is 0 Å². The van der Waals surface area contributed by atoms with Gasteiger partial charge in [0.2, 0.25) is 5.91 Å². The fourth-order valence-electron chi connectivity index (χ4n) is 2.42. The van der Waals surface area contributed by atoms with Crippen LogP contribution in [0.5, 0.6) is 0 Å². The van der Waals surface area contributed by atoms with Crippen LogP contribution < -0.4 is 10.6 Å². The average molecular weight is 210 g/mol. The van der Waals surface area contributed by atoms with Crippen molar-refractivity contribution < 1.29 is 4.79 Å². The van der Waals surface area contributed by atoms with Crippen LogP contribution in [0.25, 0.3) is 0 Å². The Bertz CT molecular complexity index is 206. The van der Waals surface area contributed by atoms with Crippen LogP contribution in [0.4, 0.5) is 0 Å². The van der Waals surface area contributed by atoms with Gasteiger partial charge in [0, 0.05) is 31.5 Å². The van der Waals surface area contributed by atoms with Gasteiger partial charge in [-0.3, -0.25) is 4.79 Å². The van der Waals surface area contributed by atoms with Crippen LogP contribution in [-0.2, 0) is 4.79 Å². The molecule has 2 fully saturated rings. The van der Waals surface area contributed by atoms with Crippen LogP contribution in [-0.4, -0.2) is 25.5 Å². The van der Waals surface area contributed by atoms with E-state index in [-0.39, 0.29) is 0 Å². The molecular weight excluding hydrogens is 188 g/mol. The molecule has 1 heterocycles. The van der Waals surface area contributed by atoms with Crippen molar-refractivity contribution in [3.05, 3.63) is 0 Å². The van der Waals surface area contributed by atoms with Crippen LogP contribution in [0, 0.1) is 11.8 Å². The van der Waals surface area contributed by atoms with Crippen LogP contribution in [0.2, 0.25) is 0 Å². The number of rotatable bonds is 3. The minimum absolute atomic E-state index is 0.306. The van der Waals surface area contributed by atoms with Crippen LogP contribution in [0.3, 0.4) is 0 Å². The summed E-state index contributed by atoms with van der Waals surface area (Å²) in [5.74, 6) is 1.30. The molecule has 1 saturated carbocycles. The van der Waals surface area contributed by atoms with Gasteiger partial charge in [0.15, 0.2) is 0 Å². The molecular formula is C12H22N2O. The molecule has 0 spiro atoms. The molecule has 1 saturated heterocycles. The Kier molecular flexibility index (Phi) is 4.01. The molecule has 2 N–H and O–H groups in total. The molecule has 0 aromatic rings. The summed E-state index contributed by atoms with van der Waals surface area (Å²) in [6.45, 7) is 3.03. The lowest BCUT2D eigenvalue weighted by Crippen LogP contribution is -2.48. The summed E-state index contributed by atoms with van der Waals surface area (Å²) in [5, 5.41) is 6.33. The zero-order valence-corrected chi connectivity index (χ0v) is 9.43. The fraction of sp³-hybridized carbons (Fsp3) is 0.917. The highest BCUT2D eigenvalue weighted by Gasteiger charge is 2.22. The third-order valence-corrected chi connectivity index (χ3v) is 3.66. The van der Waals surface area contributed by atoms with E-state index in [1.807, 2.05) is 0 Å². The smallest absolute Gasteiger partial charge is 0.223 e. The first-order valence-corrected chi connectivity index (χ1v) is 6.34. The largest absolute Gasteiger partial charge is 0.355 e. The van der Waals surface area contributed by atoms with Gasteiger partial charge in [0.05, 0.1) is 0 Å². The first-order valence-electron chi connectivity index (χ1n) is 6.34. The monoisotopic (exact) mass is 210 g/mol. The highest BCUT2D eigenvalue weighted by molar-refractivity contribution is 5.78. The maximum Gasteiger partial charge on any atom is 0.223 e. The number of carbonyl (C=O) groups excluding carboxylic acids is 1. The molecule has 0 radical (unpaired) electrons. The van der Waals surface area contributed by atoms with Gasteiger partial charge in [0.25, 0.3) is 0 Å². The summed E-state index contributed by atoms with van der Waals surface area (Å²) in [6, 6.07) is 0. The van der Waals surface area contributed by atoms with E-state index < -0.39 is 0 Å². The van der Waals surface area contributed by atoms with Gasteiger partial charge in [-0.05, 0) is 12.8 Å². The Hall–Kier alpha value is -0.570. The van der Waals surface area contributed by atoms with Gasteiger partial charge in [-0.1, -0.05) is 25.7 Å². The first kappa shape index (κ1) is 10.9. The predicted molar refractivity (Wildman–Crippen MR) is 60.6 cm³/mol. The van der Waals surface area contributed by atoms with Gasteiger partial charge in [-0.15, -0.1) is 0 Å². The maximum atomic E-state index is 11.9. The van der Waals surface area contributed by atoms with E-state index in [2.05, 4.69) is 10.6 Å². The van der Waals surface area contributed by atoms with Crippen LogP contribution >= 0.6 is 0 Å². The summed E-state index contributed by atoms with van der Waals surface area (Å²) in [5.41, 5.74) is 0. The van der Waals surface area contributed by atoms with E-state index in [9.17, 15) is 4.79 Å². The van der Waals surface area contributed by atoms with Crippen molar-refractivity contribution in [1.29, 1.82) is 0 Å². The molecule has 15 heavy (non-hydrogen) atoms. The summed E-state index contributed by atoms with van der Waals surface area (Å²) in [7, 11) is 0. The minimum Gasteiger partial charge on any atom is -0.355 e. The zero-order chi connectivity index (χ0) is 10.5. The third-order valence-electron chi connectivity index (χ3n) is 3.66. The van der Waals surface area contributed by atoms with E-state index in [0.717, 1.165) is 32.5 Å². The van der Waals surface area contributed by atoms with Gasteiger partial charge >= 0.3 is 0 Å². The molecule has 2 aliphatic rings. The SMILES string of the molecule is O=C(NCC1CNC1)C1CCCCCC1. The molecule has 2 rings (SSSR count). The molecule has 1 aliphatic heterocycles. The Morgan fingerprint density at radius 2 is 1.80 bits per heavy atom. The number of hydrogen-bond donors (Lipinski definition) is 2. The second kappa shape index (κ2) is 5.50. The van der Waals surface area contributed by atoms with Crippen LogP contribution in [0.1, 0.15) is 38.5 Å². The number of carbonyl (C=O) groups is 1. The summed E-state index contributed by atoms with van der Waals surface area (Å²) in [4.78, 5) is 11.9. The molecule has 0 bridgehead atoms. The second-order valence-corrected chi connectivity index (χ2v) is 4.96. The first-order chi connectivity index (χ1) is 7.36. The van der Waals surface area contributed by atoms with E-state index in [0.29, 0.717) is 17.7 Å². The summed E-state index contributed by atoms with van der Waals surface area (Å²) in [6.07, 6.45) is 7.32. The van der Waals surface area contributed by atoms with Crippen molar-refractivity contribution in [1.82, 2.24) is 10.6 Å². The van der Waals surface area contributed by atoms with Gasteiger partial charge in [-0.2, -0.15) is 0 Å². The number of amides is 1. The van der Waals surface area contributed by atoms with Gasteiger partial charge in [-0.25, -0.2) is 0 Å². The number of nitrogens with one attached hydrogen (secondary N) is 2. The third kappa shape index (κ3) is 3.20. The molecule has 1 amide bonds.